The molecule has 1 aromatic carbocycles. The molecule has 1 aromatic rings. The Kier molecular flexibility index (Phi) is 4.77. The molecule has 1 aliphatic heterocycles. The van der Waals surface area contributed by atoms with Crippen LogP contribution in [0.25, 0.3) is 0 Å². The summed E-state index contributed by atoms with van der Waals surface area (Å²) in [7, 11) is 0. The Morgan fingerprint density at radius 3 is 2.60 bits per heavy atom. The standard InChI is InChI=1S/C16H22N2O2/c1-12(2)15-16(20)18(11-9-14(19)17-15)10-8-13-6-4-3-5-7-13/h3-7,12,15H,8-11H2,1-2H3,(H,17,19). The molecule has 4 nitrogen and oxygen atoms in total. The molecule has 0 saturated carbocycles. The summed E-state index contributed by atoms with van der Waals surface area (Å²) in [6.45, 7) is 5.11. The van der Waals surface area contributed by atoms with Gasteiger partial charge in [-0.1, -0.05) is 44.2 Å². The number of rotatable bonds is 4. The Hall–Kier alpha value is -1.84. The van der Waals surface area contributed by atoms with Crippen molar-refractivity contribution in [1.82, 2.24) is 10.2 Å². The predicted molar refractivity (Wildman–Crippen MR) is 78.1 cm³/mol. The van der Waals surface area contributed by atoms with Crippen LogP contribution in [-0.2, 0) is 16.0 Å². The first-order chi connectivity index (χ1) is 9.58. The third kappa shape index (κ3) is 3.59. The van der Waals surface area contributed by atoms with Gasteiger partial charge in [0.05, 0.1) is 0 Å². The van der Waals surface area contributed by atoms with Crippen molar-refractivity contribution in [2.45, 2.75) is 32.7 Å². The Labute approximate surface area is 120 Å². The van der Waals surface area contributed by atoms with E-state index in [9.17, 15) is 9.59 Å². The summed E-state index contributed by atoms with van der Waals surface area (Å²) in [5, 5.41) is 2.83. The third-order valence-corrected chi connectivity index (χ3v) is 3.68. The lowest BCUT2D eigenvalue weighted by Crippen LogP contribution is -2.48. The highest BCUT2D eigenvalue weighted by Crippen LogP contribution is 2.12. The summed E-state index contributed by atoms with van der Waals surface area (Å²) in [5.41, 5.74) is 1.21. The van der Waals surface area contributed by atoms with Crippen molar-refractivity contribution in [3.63, 3.8) is 0 Å². The van der Waals surface area contributed by atoms with E-state index in [2.05, 4.69) is 17.4 Å². The van der Waals surface area contributed by atoms with Gasteiger partial charge >= 0.3 is 0 Å². The molecule has 0 aliphatic carbocycles. The van der Waals surface area contributed by atoms with E-state index in [1.54, 1.807) is 0 Å². The van der Waals surface area contributed by atoms with E-state index < -0.39 is 0 Å². The smallest absolute Gasteiger partial charge is 0.245 e. The normalized spacial score (nSPS) is 19.9. The van der Waals surface area contributed by atoms with Gasteiger partial charge in [-0.25, -0.2) is 0 Å². The number of amides is 2. The molecule has 20 heavy (non-hydrogen) atoms. The molecule has 4 heteroatoms. The Morgan fingerprint density at radius 2 is 1.95 bits per heavy atom. The monoisotopic (exact) mass is 274 g/mol. The van der Waals surface area contributed by atoms with Crippen LogP contribution in [0.4, 0.5) is 0 Å². The highest BCUT2D eigenvalue weighted by molar-refractivity contribution is 5.90. The van der Waals surface area contributed by atoms with Crippen LogP contribution in [0.5, 0.6) is 0 Å². The van der Waals surface area contributed by atoms with Crippen molar-refractivity contribution in [1.29, 1.82) is 0 Å². The van der Waals surface area contributed by atoms with Gasteiger partial charge in [-0.3, -0.25) is 9.59 Å². The van der Waals surface area contributed by atoms with E-state index in [0.717, 1.165) is 6.42 Å². The molecule has 0 aromatic heterocycles. The number of hydrogen-bond donors (Lipinski definition) is 1. The fourth-order valence-electron chi connectivity index (χ4n) is 2.43. The quantitative estimate of drug-likeness (QED) is 0.906. The second-order valence-corrected chi connectivity index (χ2v) is 5.60. The second-order valence-electron chi connectivity index (χ2n) is 5.60. The van der Waals surface area contributed by atoms with Crippen LogP contribution >= 0.6 is 0 Å². The van der Waals surface area contributed by atoms with Crippen LogP contribution in [0.15, 0.2) is 30.3 Å². The molecule has 108 valence electrons. The lowest BCUT2D eigenvalue weighted by Gasteiger charge is -2.26. The summed E-state index contributed by atoms with van der Waals surface area (Å²) < 4.78 is 0. The van der Waals surface area contributed by atoms with E-state index in [4.69, 9.17) is 0 Å². The van der Waals surface area contributed by atoms with Gasteiger partial charge in [0.15, 0.2) is 0 Å². The fourth-order valence-corrected chi connectivity index (χ4v) is 2.43. The molecule has 2 amide bonds. The minimum absolute atomic E-state index is 0.0285. The molecule has 1 unspecified atom stereocenters. The molecule has 1 saturated heterocycles. The van der Waals surface area contributed by atoms with Crippen LogP contribution in [-0.4, -0.2) is 35.8 Å². The van der Waals surface area contributed by atoms with Gasteiger partial charge in [0.1, 0.15) is 6.04 Å². The van der Waals surface area contributed by atoms with Gasteiger partial charge in [0.2, 0.25) is 11.8 Å². The number of nitrogens with zero attached hydrogens (tertiary/aromatic N) is 1. The summed E-state index contributed by atoms with van der Waals surface area (Å²) in [5.74, 6) is 0.129. The molecule has 1 fully saturated rings. The van der Waals surface area contributed by atoms with Crippen LogP contribution in [0.1, 0.15) is 25.8 Å². The molecule has 0 spiro atoms. The van der Waals surface area contributed by atoms with Gasteiger partial charge < -0.3 is 10.2 Å². The van der Waals surface area contributed by atoms with E-state index in [0.29, 0.717) is 19.5 Å². The van der Waals surface area contributed by atoms with Crippen molar-refractivity contribution in [3.05, 3.63) is 35.9 Å². The fraction of sp³-hybridized carbons (Fsp3) is 0.500. The molecule has 1 aliphatic rings. The van der Waals surface area contributed by atoms with Gasteiger partial charge in [-0.2, -0.15) is 0 Å². The first kappa shape index (κ1) is 14.6. The second kappa shape index (κ2) is 6.55. The van der Waals surface area contributed by atoms with Crippen LogP contribution in [0.2, 0.25) is 0 Å². The van der Waals surface area contributed by atoms with Gasteiger partial charge in [0, 0.05) is 19.5 Å². The van der Waals surface area contributed by atoms with E-state index in [-0.39, 0.29) is 23.8 Å². The van der Waals surface area contributed by atoms with Gasteiger partial charge in [0.25, 0.3) is 0 Å². The first-order valence-electron chi connectivity index (χ1n) is 7.20. The molecular weight excluding hydrogens is 252 g/mol. The van der Waals surface area contributed by atoms with Crippen molar-refractivity contribution < 1.29 is 9.59 Å². The lowest BCUT2D eigenvalue weighted by molar-refractivity contribution is -0.134. The SMILES string of the molecule is CC(C)C1NC(=O)CCN(CCc2ccccc2)C1=O. The van der Waals surface area contributed by atoms with E-state index in [1.807, 2.05) is 36.9 Å². The molecule has 2 rings (SSSR count). The molecule has 0 radical (unpaired) electrons. The number of carbonyl (C=O) groups excluding carboxylic acids is 2. The Bertz CT molecular complexity index is 471. The van der Waals surface area contributed by atoms with Crippen LogP contribution in [0.3, 0.4) is 0 Å². The van der Waals surface area contributed by atoms with Crippen molar-refractivity contribution in [2.24, 2.45) is 5.92 Å². The largest absolute Gasteiger partial charge is 0.344 e. The van der Waals surface area contributed by atoms with Crippen LogP contribution < -0.4 is 5.32 Å². The number of nitrogens with one attached hydrogen (secondary N) is 1. The first-order valence-corrected chi connectivity index (χ1v) is 7.20. The van der Waals surface area contributed by atoms with Gasteiger partial charge in [-0.15, -0.1) is 0 Å². The zero-order valence-corrected chi connectivity index (χ0v) is 12.1. The average molecular weight is 274 g/mol. The highest BCUT2D eigenvalue weighted by Gasteiger charge is 2.31. The molecule has 1 heterocycles. The zero-order valence-electron chi connectivity index (χ0n) is 12.1. The Balaban J connectivity index is 2.02. The minimum atomic E-state index is -0.388. The molecule has 1 atom stereocenters. The van der Waals surface area contributed by atoms with E-state index >= 15 is 0 Å². The lowest BCUT2D eigenvalue weighted by atomic mass is 10.0. The minimum Gasteiger partial charge on any atom is -0.344 e. The number of carbonyl (C=O) groups is 2. The number of benzene rings is 1. The van der Waals surface area contributed by atoms with Crippen molar-refractivity contribution >= 4 is 11.8 Å². The maximum Gasteiger partial charge on any atom is 0.245 e. The summed E-state index contributed by atoms with van der Waals surface area (Å²) >= 11 is 0. The van der Waals surface area contributed by atoms with Crippen molar-refractivity contribution in [2.75, 3.05) is 13.1 Å². The number of hydrogen-bond acceptors (Lipinski definition) is 2. The van der Waals surface area contributed by atoms with Crippen LogP contribution in [0, 0.1) is 5.92 Å². The maximum atomic E-state index is 12.5. The van der Waals surface area contributed by atoms with E-state index in [1.165, 1.54) is 5.56 Å². The Morgan fingerprint density at radius 1 is 1.25 bits per heavy atom. The molecule has 0 bridgehead atoms. The predicted octanol–water partition coefficient (Wildman–Crippen LogP) is 1.60. The average Bonchev–Trinajstić information content (AvgIpc) is 2.58. The maximum absolute atomic E-state index is 12.5. The highest BCUT2D eigenvalue weighted by atomic mass is 16.2. The third-order valence-electron chi connectivity index (χ3n) is 3.68. The summed E-state index contributed by atoms with van der Waals surface area (Å²) in [4.78, 5) is 26.0. The summed E-state index contributed by atoms with van der Waals surface area (Å²) in [6, 6.07) is 9.72. The summed E-state index contributed by atoms with van der Waals surface area (Å²) in [6.07, 6.45) is 1.22. The topological polar surface area (TPSA) is 49.4 Å². The van der Waals surface area contributed by atoms with Crippen molar-refractivity contribution in [3.8, 4) is 0 Å². The molecular formula is C16H22N2O2. The molecule has 1 N–H and O–H groups in total. The zero-order chi connectivity index (χ0) is 14.5. The van der Waals surface area contributed by atoms with Gasteiger partial charge in [-0.05, 0) is 17.9 Å².